The SMILES string of the molecule is CC(C)(CCN1CCC(CN2CCCC2)CC1)C(=N)N. The van der Waals surface area contributed by atoms with Crippen molar-refractivity contribution >= 4 is 5.84 Å². The van der Waals surface area contributed by atoms with Crippen LogP contribution in [0.4, 0.5) is 0 Å². The lowest BCUT2D eigenvalue weighted by Crippen LogP contribution is -2.41. The number of hydrogen-bond donors (Lipinski definition) is 2. The van der Waals surface area contributed by atoms with Crippen molar-refractivity contribution in [1.29, 1.82) is 5.41 Å². The summed E-state index contributed by atoms with van der Waals surface area (Å²) in [5.41, 5.74) is 5.51. The summed E-state index contributed by atoms with van der Waals surface area (Å²) in [5.74, 6) is 1.23. The Labute approximate surface area is 124 Å². The molecule has 0 aliphatic carbocycles. The van der Waals surface area contributed by atoms with Crippen molar-refractivity contribution in [2.75, 3.05) is 39.3 Å². The Kier molecular flexibility index (Phi) is 5.44. The summed E-state index contributed by atoms with van der Waals surface area (Å²) in [6.07, 6.45) is 6.49. The van der Waals surface area contributed by atoms with Crippen molar-refractivity contribution in [3.05, 3.63) is 0 Å². The number of piperidine rings is 1. The maximum absolute atomic E-state index is 7.63. The highest BCUT2D eigenvalue weighted by Crippen LogP contribution is 2.24. The predicted octanol–water partition coefficient (Wildman–Crippen LogP) is 2.15. The van der Waals surface area contributed by atoms with E-state index in [0.717, 1.165) is 18.9 Å². The van der Waals surface area contributed by atoms with E-state index >= 15 is 0 Å². The lowest BCUT2D eigenvalue weighted by molar-refractivity contribution is 0.145. The first-order valence-corrected chi connectivity index (χ1v) is 8.26. The molecule has 3 N–H and O–H groups in total. The third-order valence-corrected chi connectivity index (χ3v) is 5.20. The van der Waals surface area contributed by atoms with Gasteiger partial charge in [0, 0.05) is 12.0 Å². The van der Waals surface area contributed by atoms with Crippen molar-refractivity contribution in [2.45, 2.75) is 46.0 Å². The molecule has 2 aliphatic heterocycles. The minimum atomic E-state index is -0.146. The first kappa shape index (κ1) is 15.8. The van der Waals surface area contributed by atoms with Gasteiger partial charge < -0.3 is 15.5 Å². The second kappa shape index (κ2) is 6.90. The third kappa shape index (κ3) is 4.45. The molecule has 0 atom stereocenters. The van der Waals surface area contributed by atoms with E-state index < -0.39 is 0 Å². The lowest BCUT2D eigenvalue weighted by atomic mass is 9.87. The standard InChI is InChI=1S/C16H32N4/c1-16(2,15(17)18)7-12-19-10-5-14(6-11-19)13-20-8-3-4-9-20/h14H,3-13H2,1-2H3,(H3,17,18). The van der Waals surface area contributed by atoms with Crippen molar-refractivity contribution in [1.82, 2.24) is 9.80 Å². The molecule has 0 saturated carbocycles. The molecule has 4 heteroatoms. The van der Waals surface area contributed by atoms with Gasteiger partial charge in [0.15, 0.2) is 0 Å². The van der Waals surface area contributed by atoms with E-state index in [2.05, 4.69) is 23.6 Å². The van der Waals surface area contributed by atoms with Crippen LogP contribution in [0, 0.1) is 16.7 Å². The third-order valence-electron chi connectivity index (χ3n) is 5.20. The van der Waals surface area contributed by atoms with Crippen molar-refractivity contribution in [3.63, 3.8) is 0 Å². The second-order valence-electron chi connectivity index (χ2n) is 7.34. The Morgan fingerprint density at radius 1 is 1.10 bits per heavy atom. The van der Waals surface area contributed by atoms with Crippen LogP contribution in [0.15, 0.2) is 0 Å². The quantitative estimate of drug-likeness (QED) is 0.579. The number of nitrogens with zero attached hydrogens (tertiary/aromatic N) is 2. The van der Waals surface area contributed by atoms with Crippen LogP contribution in [0.3, 0.4) is 0 Å². The summed E-state index contributed by atoms with van der Waals surface area (Å²) >= 11 is 0. The molecule has 0 bridgehead atoms. The number of likely N-dealkylation sites (tertiary alicyclic amines) is 2. The van der Waals surface area contributed by atoms with E-state index in [-0.39, 0.29) is 5.41 Å². The van der Waals surface area contributed by atoms with E-state index in [1.807, 2.05) is 0 Å². The average molecular weight is 280 g/mol. The first-order valence-electron chi connectivity index (χ1n) is 8.26. The maximum Gasteiger partial charge on any atom is 0.0963 e. The van der Waals surface area contributed by atoms with Gasteiger partial charge in [-0.1, -0.05) is 13.8 Å². The van der Waals surface area contributed by atoms with Gasteiger partial charge in [-0.2, -0.15) is 0 Å². The van der Waals surface area contributed by atoms with Crippen LogP contribution in [-0.2, 0) is 0 Å². The number of nitrogens with two attached hydrogens (primary N) is 1. The highest BCUT2D eigenvalue weighted by Gasteiger charge is 2.26. The highest BCUT2D eigenvalue weighted by atomic mass is 15.2. The maximum atomic E-state index is 7.63. The zero-order valence-corrected chi connectivity index (χ0v) is 13.3. The van der Waals surface area contributed by atoms with Crippen molar-refractivity contribution in [3.8, 4) is 0 Å². The number of amidine groups is 1. The molecule has 0 amide bonds. The summed E-state index contributed by atoms with van der Waals surface area (Å²) in [5, 5.41) is 7.63. The predicted molar refractivity (Wildman–Crippen MR) is 85.2 cm³/mol. The summed E-state index contributed by atoms with van der Waals surface area (Å²) in [6.45, 7) is 11.7. The molecular weight excluding hydrogens is 248 g/mol. The zero-order chi connectivity index (χ0) is 14.6. The minimum absolute atomic E-state index is 0.146. The monoisotopic (exact) mass is 280 g/mol. The largest absolute Gasteiger partial charge is 0.387 e. The van der Waals surface area contributed by atoms with Gasteiger partial charge in [-0.3, -0.25) is 5.41 Å². The number of hydrogen-bond acceptors (Lipinski definition) is 3. The molecule has 0 radical (unpaired) electrons. The summed E-state index contributed by atoms with van der Waals surface area (Å²) < 4.78 is 0. The van der Waals surface area contributed by atoms with Gasteiger partial charge in [-0.05, 0) is 70.7 Å². The van der Waals surface area contributed by atoms with Crippen LogP contribution >= 0.6 is 0 Å². The van der Waals surface area contributed by atoms with Crippen LogP contribution in [0.1, 0.15) is 46.0 Å². The molecule has 4 nitrogen and oxygen atoms in total. The highest BCUT2D eigenvalue weighted by molar-refractivity contribution is 5.82. The lowest BCUT2D eigenvalue weighted by Gasteiger charge is -2.35. The number of nitrogens with one attached hydrogen (secondary N) is 1. The summed E-state index contributed by atoms with van der Waals surface area (Å²) in [4.78, 5) is 5.21. The number of rotatable bonds is 6. The van der Waals surface area contributed by atoms with Gasteiger partial charge in [0.2, 0.25) is 0 Å². The Bertz CT molecular complexity index is 312. The van der Waals surface area contributed by atoms with Crippen LogP contribution in [0.2, 0.25) is 0 Å². The Hall–Kier alpha value is -0.610. The molecule has 0 aromatic rings. The molecule has 0 unspecified atom stereocenters. The normalized spacial score (nSPS) is 23.3. The van der Waals surface area contributed by atoms with Gasteiger partial charge in [-0.25, -0.2) is 0 Å². The molecule has 2 rings (SSSR count). The van der Waals surface area contributed by atoms with Gasteiger partial charge in [0.1, 0.15) is 0 Å². The van der Waals surface area contributed by atoms with Gasteiger partial charge in [-0.15, -0.1) is 0 Å². The molecule has 2 heterocycles. The van der Waals surface area contributed by atoms with Gasteiger partial charge >= 0.3 is 0 Å². The van der Waals surface area contributed by atoms with Crippen LogP contribution < -0.4 is 5.73 Å². The molecule has 116 valence electrons. The fourth-order valence-corrected chi connectivity index (χ4v) is 3.30. The molecule has 0 aromatic carbocycles. The summed E-state index contributed by atoms with van der Waals surface area (Å²) in [7, 11) is 0. The average Bonchev–Trinajstić information content (AvgIpc) is 2.91. The van der Waals surface area contributed by atoms with Gasteiger partial charge in [0.25, 0.3) is 0 Å². The summed E-state index contributed by atoms with van der Waals surface area (Å²) in [6, 6.07) is 0. The molecular formula is C16H32N4. The molecule has 20 heavy (non-hydrogen) atoms. The molecule has 2 aliphatic rings. The van der Waals surface area contributed by atoms with Crippen molar-refractivity contribution in [2.24, 2.45) is 17.1 Å². The Balaban J connectivity index is 1.65. The van der Waals surface area contributed by atoms with Crippen LogP contribution in [0.25, 0.3) is 0 Å². The van der Waals surface area contributed by atoms with E-state index in [0.29, 0.717) is 5.84 Å². The zero-order valence-electron chi connectivity index (χ0n) is 13.3. The van der Waals surface area contributed by atoms with Gasteiger partial charge in [0.05, 0.1) is 5.84 Å². The van der Waals surface area contributed by atoms with E-state index in [1.54, 1.807) is 0 Å². The molecule has 0 spiro atoms. The van der Waals surface area contributed by atoms with Crippen LogP contribution in [0.5, 0.6) is 0 Å². The first-order chi connectivity index (χ1) is 9.47. The molecule has 2 saturated heterocycles. The molecule has 2 fully saturated rings. The smallest absolute Gasteiger partial charge is 0.0963 e. The fraction of sp³-hybridized carbons (Fsp3) is 0.938. The second-order valence-corrected chi connectivity index (χ2v) is 7.34. The molecule has 0 aromatic heterocycles. The van der Waals surface area contributed by atoms with E-state index in [1.165, 1.54) is 58.4 Å². The van der Waals surface area contributed by atoms with Crippen molar-refractivity contribution < 1.29 is 0 Å². The minimum Gasteiger partial charge on any atom is -0.387 e. The fourth-order valence-electron chi connectivity index (χ4n) is 3.30. The van der Waals surface area contributed by atoms with Crippen LogP contribution in [-0.4, -0.2) is 54.9 Å². The van der Waals surface area contributed by atoms with E-state index in [4.69, 9.17) is 11.1 Å². The van der Waals surface area contributed by atoms with E-state index in [9.17, 15) is 0 Å². The topological polar surface area (TPSA) is 56.4 Å². The Morgan fingerprint density at radius 3 is 2.25 bits per heavy atom. The Morgan fingerprint density at radius 2 is 1.70 bits per heavy atom.